The van der Waals surface area contributed by atoms with Gasteiger partial charge in [-0.2, -0.15) is 17.7 Å². The van der Waals surface area contributed by atoms with Crippen LogP contribution in [-0.4, -0.2) is 101 Å². The maximum absolute atomic E-state index is 14.3. The summed E-state index contributed by atoms with van der Waals surface area (Å²) in [5.74, 6) is -2.43. The van der Waals surface area contributed by atoms with Crippen molar-refractivity contribution in [3.8, 4) is 6.01 Å². The van der Waals surface area contributed by atoms with Crippen LogP contribution >= 0.6 is 0 Å². The number of fused-ring (bicyclic) bond motifs is 3. The molecule has 3 heterocycles. The highest BCUT2D eigenvalue weighted by Gasteiger charge is 2.61. The van der Waals surface area contributed by atoms with Gasteiger partial charge in [-0.25, -0.2) is 9.52 Å². The van der Waals surface area contributed by atoms with Gasteiger partial charge in [0.2, 0.25) is 11.8 Å². The number of aryl methyl sites for hydroxylation is 1. The first kappa shape index (κ1) is 36.1. The summed E-state index contributed by atoms with van der Waals surface area (Å²) < 4.78 is 41.7. The van der Waals surface area contributed by atoms with E-state index in [2.05, 4.69) is 20.3 Å². The van der Waals surface area contributed by atoms with E-state index in [1.807, 2.05) is 43.5 Å². The van der Waals surface area contributed by atoms with Gasteiger partial charge in [0.15, 0.2) is 0 Å². The van der Waals surface area contributed by atoms with Gasteiger partial charge in [-0.05, 0) is 58.6 Å². The van der Waals surface area contributed by atoms with Crippen LogP contribution in [0.5, 0.6) is 6.01 Å². The maximum atomic E-state index is 14.3. The quantitative estimate of drug-likeness (QED) is 0.380. The predicted octanol–water partition coefficient (Wildman–Crippen LogP) is 2.13. The predicted molar refractivity (Wildman–Crippen MR) is 180 cm³/mol. The molecular formula is C33H47N7O8S. The highest BCUT2D eigenvalue weighted by molar-refractivity contribution is 7.87. The van der Waals surface area contributed by atoms with Crippen LogP contribution in [0, 0.1) is 5.92 Å². The third-order valence-corrected chi connectivity index (χ3v) is 10.5. The molecule has 49 heavy (non-hydrogen) atoms. The number of aromatic nitrogens is 2. The number of nitrogens with zero attached hydrogens (tertiary/aromatic N) is 4. The molecule has 0 bridgehead atoms. The van der Waals surface area contributed by atoms with E-state index in [4.69, 9.17) is 9.47 Å². The first-order valence-electron chi connectivity index (χ1n) is 16.6. The van der Waals surface area contributed by atoms with Crippen molar-refractivity contribution in [3.63, 3.8) is 0 Å². The van der Waals surface area contributed by atoms with E-state index in [0.29, 0.717) is 25.3 Å². The van der Waals surface area contributed by atoms with Crippen LogP contribution < -0.4 is 20.1 Å². The first-order chi connectivity index (χ1) is 23.0. The summed E-state index contributed by atoms with van der Waals surface area (Å²) in [4.78, 5) is 60.9. The summed E-state index contributed by atoms with van der Waals surface area (Å²) in [7, 11) is 0.248. The summed E-state index contributed by atoms with van der Waals surface area (Å²) in [6.07, 6.45) is 5.79. The smallest absolute Gasteiger partial charge is 0.408 e. The van der Waals surface area contributed by atoms with Crippen LogP contribution in [0.1, 0.15) is 65.7 Å². The number of alkyl carbamates (subject to hydrolysis) is 1. The molecule has 1 aliphatic carbocycles. The number of hydrogen-bond acceptors (Lipinski definition) is 9. The molecule has 2 aliphatic heterocycles. The van der Waals surface area contributed by atoms with Gasteiger partial charge in [-0.3, -0.25) is 19.0 Å². The van der Waals surface area contributed by atoms with E-state index in [1.165, 1.54) is 19.0 Å². The van der Waals surface area contributed by atoms with E-state index < -0.39 is 69.3 Å². The molecular weight excluding hydrogens is 654 g/mol. The minimum atomic E-state index is -4.15. The fourth-order valence-electron chi connectivity index (χ4n) is 6.29. The first-order valence-corrected chi connectivity index (χ1v) is 18.1. The fraction of sp³-hybridized carbons (Fsp3) is 0.606. The molecule has 1 saturated heterocycles. The number of benzene rings is 1. The van der Waals surface area contributed by atoms with Crippen LogP contribution in [0.25, 0.3) is 11.0 Å². The van der Waals surface area contributed by atoms with Gasteiger partial charge >= 0.3 is 16.3 Å². The Kier molecular flexibility index (Phi) is 10.3. The Morgan fingerprint density at radius 1 is 1.12 bits per heavy atom. The van der Waals surface area contributed by atoms with Gasteiger partial charge in [-0.1, -0.05) is 37.1 Å². The number of carbonyl (C=O) groups excluding carboxylic acids is 4. The molecule has 2 aromatic rings. The second kappa shape index (κ2) is 14.0. The molecule has 3 aliphatic rings. The van der Waals surface area contributed by atoms with Gasteiger partial charge in [0.1, 0.15) is 29.3 Å². The Balaban J connectivity index is 1.46. The number of ether oxygens (including phenoxy) is 2. The monoisotopic (exact) mass is 701 g/mol. The molecule has 2 fully saturated rings. The average Bonchev–Trinajstić information content (AvgIpc) is 3.38. The summed E-state index contributed by atoms with van der Waals surface area (Å²) in [5, 5.41) is 5.55. The minimum absolute atomic E-state index is 0.00413. The molecule has 16 heteroatoms. The molecule has 1 saturated carbocycles. The lowest BCUT2D eigenvalue weighted by atomic mass is 10.0. The van der Waals surface area contributed by atoms with Crippen molar-refractivity contribution in [2.75, 3.05) is 20.6 Å². The maximum Gasteiger partial charge on any atom is 0.408 e. The number of carbonyl (C=O) groups is 4. The SMILES string of the molecule is CN(C)S(=O)(=O)NC(=O)[C@@]12C[C@H]1/C=C\CCCCC[C@H](NC(=O)OC(C)(C)C)C(=O)N1C[C@H](Oc3nc4ccccc4n3C)C[C@H]1C(=O)N2. The summed E-state index contributed by atoms with van der Waals surface area (Å²) in [5.41, 5.74) is -0.767. The number of allylic oxidation sites excluding steroid dienone is 1. The Bertz CT molecular complexity index is 1730. The Hall–Kier alpha value is -4.18. The van der Waals surface area contributed by atoms with Crippen molar-refractivity contribution in [2.24, 2.45) is 13.0 Å². The van der Waals surface area contributed by atoms with E-state index >= 15 is 0 Å². The molecule has 5 atom stereocenters. The molecule has 5 rings (SSSR count). The second-order valence-electron chi connectivity index (χ2n) is 14.2. The van der Waals surface area contributed by atoms with Crippen LogP contribution in [0.3, 0.4) is 0 Å². The van der Waals surface area contributed by atoms with E-state index in [1.54, 1.807) is 25.3 Å². The highest BCUT2D eigenvalue weighted by Crippen LogP contribution is 2.45. The van der Waals surface area contributed by atoms with Gasteiger partial charge in [0.05, 0.1) is 17.6 Å². The van der Waals surface area contributed by atoms with E-state index in [9.17, 15) is 27.6 Å². The number of amides is 4. The van der Waals surface area contributed by atoms with Crippen molar-refractivity contribution in [3.05, 3.63) is 36.4 Å². The van der Waals surface area contributed by atoms with Crippen molar-refractivity contribution in [1.29, 1.82) is 0 Å². The molecule has 15 nitrogen and oxygen atoms in total. The molecule has 1 aromatic heterocycles. The van der Waals surface area contributed by atoms with Gasteiger partial charge in [0, 0.05) is 33.5 Å². The number of nitrogens with one attached hydrogen (secondary N) is 3. The van der Waals surface area contributed by atoms with E-state index in [-0.39, 0.29) is 19.4 Å². The standard InChI is InChI=1S/C33H47N7O8S/c1-32(2,3)48-31(44)35-24-16-11-9-7-8-10-14-21-19-33(21,29(43)37-49(45,46)38(4)5)36-27(41)26-18-22(20-40(26)28(24)42)47-30-34-23-15-12-13-17-25(23)39(30)6/h10,12-15,17,21-22,24,26H,7-9,11,16,18-20H2,1-6H3,(H,35,44)(H,36,41)(H,37,43)/b14-10-/t21-,22-,24+,26+,33-/m1/s1. The van der Waals surface area contributed by atoms with Crippen molar-refractivity contribution < 1.29 is 37.1 Å². The highest BCUT2D eigenvalue weighted by atomic mass is 32.2. The largest absolute Gasteiger partial charge is 0.459 e. The zero-order chi connectivity index (χ0) is 35.7. The van der Waals surface area contributed by atoms with Crippen molar-refractivity contribution in [2.45, 2.75) is 95.0 Å². The number of hydrogen-bond donors (Lipinski definition) is 3. The van der Waals surface area contributed by atoms with Gasteiger partial charge in [0.25, 0.3) is 11.9 Å². The summed E-state index contributed by atoms with van der Waals surface area (Å²) >= 11 is 0. The lowest BCUT2D eigenvalue weighted by Crippen LogP contribution is -2.58. The summed E-state index contributed by atoms with van der Waals surface area (Å²) in [6.45, 7) is 5.18. The molecule has 0 spiro atoms. The number of para-hydroxylation sites is 2. The topological polar surface area (TPSA) is 181 Å². The minimum Gasteiger partial charge on any atom is -0.459 e. The average molecular weight is 702 g/mol. The van der Waals surface area contributed by atoms with Crippen molar-refractivity contribution >= 4 is 45.1 Å². The Morgan fingerprint density at radius 3 is 2.55 bits per heavy atom. The van der Waals surface area contributed by atoms with Gasteiger partial charge in [-0.15, -0.1) is 0 Å². The zero-order valence-corrected chi connectivity index (χ0v) is 29.7. The van der Waals surface area contributed by atoms with Crippen LogP contribution in [0.15, 0.2) is 36.4 Å². The Morgan fingerprint density at radius 2 is 1.86 bits per heavy atom. The Labute approximate surface area is 286 Å². The normalized spacial score (nSPS) is 27.3. The molecule has 1 aromatic carbocycles. The third-order valence-electron chi connectivity index (χ3n) is 9.06. The molecule has 4 amide bonds. The summed E-state index contributed by atoms with van der Waals surface area (Å²) in [6, 6.07) is 5.73. The lowest BCUT2D eigenvalue weighted by molar-refractivity contribution is -0.141. The van der Waals surface area contributed by atoms with E-state index in [0.717, 1.165) is 28.2 Å². The molecule has 3 N–H and O–H groups in total. The molecule has 268 valence electrons. The third kappa shape index (κ3) is 8.18. The van der Waals surface area contributed by atoms with Crippen LogP contribution in [-0.2, 0) is 36.4 Å². The molecule has 0 unspecified atom stereocenters. The second-order valence-corrected chi connectivity index (χ2v) is 16.1. The van der Waals surface area contributed by atoms with Crippen LogP contribution in [0.4, 0.5) is 4.79 Å². The zero-order valence-electron chi connectivity index (χ0n) is 28.9. The number of rotatable bonds is 6. The number of imidazole rings is 1. The van der Waals surface area contributed by atoms with Gasteiger partial charge < -0.3 is 25.0 Å². The van der Waals surface area contributed by atoms with Crippen LogP contribution in [0.2, 0.25) is 0 Å². The van der Waals surface area contributed by atoms with Crippen molar-refractivity contribution in [1.82, 2.24) is 34.1 Å². The lowest BCUT2D eigenvalue weighted by Gasteiger charge is -2.30. The molecule has 0 radical (unpaired) electrons. The fourth-order valence-corrected chi connectivity index (χ4v) is 6.89.